The predicted molar refractivity (Wildman–Crippen MR) is 95.0 cm³/mol. The Bertz CT molecular complexity index is 653. The van der Waals surface area contributed by atoms with Crippen LogP contribution in [-0.4, -0.2) is 38.8 Å². The van der Waals surface area contributed by atoms with Crippen molar-refractivity contribution in [1.82, 2.24) is 4.90 Å². The van der Waals surface area contributed by atoms with Crippen LogP contribution in [-0.2, 0) is 11.3 Å². The molecule has 2 aromatic rings. The standard InChI is InChI=1S/C19H22ClNO3/c1-22-17-4-3-5-18(23-2)16(17)12-21-10-11-24-19(13-21)14-6-8-15(20)9-7-14/h3-9,19H,10-13H2,1-2H3. The van der Waals surface area contributed by atoms with E-state index in [4.69, 9.17) is 25.8 Å². The lowest BCUT2D eigenvalue weighted by molar-refractivity contribution is -0.0332. The average Bonchev–Trinajstić information content (AvgIpc) is 2.62. The monoisotopic (exact) mass is 347 g/mol. The van der Waals surface area contributed by atoms with Crippen molar-refractivity contribution in [3.63, 3.8) is 0 Å². The van der Waals surface area contributed by atoms with Crippen LogP contribution in [0.2, 0.25) is 5.02 Å². The van der Waals surface area contributed by atoms with Crippen molar-refractivity contribution in [2.24, 2.45) is 0 Å². The maximum atomic E-state index is 5.97. The highest BCUT2D eigenvalue weighted by Gasteiger charge is 2.24. The predicted octanol–water partition coefficient (Wildman–Crippen LogP) is 3.93. The van der Waals surface area contributed by atoms with E-state index in [1.807, 2.05) is 42.5 Å². The number of ether oxygens (including phenoxy) is 3. The molecule has 0 spiro atoms. The first-order valence-electron chi connectivity index (χ1n) is 8.00. The zero-order valence-corrected chi connectivity index (χ0v) is 14.8. The van der Waals surface area contributed by atoms with Gasteiger partial charge in [-0.2, -0.15) is 0 Å². The number of methoxy groups -OCH3 is 2. The van der Waals surface area contributed by atoms with E-state index >= 15 is 0 Å². The minimum atomic E-state index is 0.0525. The van der Waals surface area contributed by atoms with Crippen LogP contribution in [0.25, 0.3) is 0 Å². The minimum absolute atomic E-state index is 0.0525. The molecule has 0 aromatic heterocycles. The number of hydrogen-bond acceptors (Lipinski definition) is 4. The van der Waals surface area contributed by atoms with Crippen molar-refractivity contribution in [2.75, 3.05) is 33.9 Å². The smallest absolute Gasteiger partial charge is 0.127 e. The second-order valence-corrected chi connectivity index (χ2v) is 6.22. The number of morpholine rings is 1. The number of rotatable bonds is 5. The van der Waals surface area contributed by atoms with Crippen molar-refractivity contribution in [2.45, 2.75) is 12.6 Å². The summed E-state index contributed by atoms with van der Waals surface area (Å²) < 4.78 is 16.9. The Morgan fingerprint density at radius 1 is 1.08 bits per heavy atom. The third kappa shape index (κ3) is 3.83. The van der Waals surface area contributed by atoms with Gasteiger partial charge in [-0.1, -0.05) is 29.8 Å². The molecule has 1 unspecified atom stereocenters. The normalized spacial score (nSPS) is 18.4. The van der Waals surface area contributed by atoms with Gasteiger partial charge in [-0.15, -0.1) is 0 Å². The first-order valence-corrected chi connectivity index (χ1v) is 8.38. The van der Waals surface area contributed by atoms with Crippen molar-refractivity contribution in [3.8, 4) is 11.5 Å². The Morgan fingerprint density at radius 2 is 1.75 bits per heavy atom. The van der Waals surface area contributed by atoms with Crippen LogP contribution in [0.3, 0.4) is 0 Å². The van der Waals surface area contributed by atoms with E-state index in [2.05, 4.69) is 4.90 Å². The molecule has 3 rings (SSSR count). The van der Waals surface area contributed by atoms with Crippen LogP contribution in [0.1, 0.15) is 17.2 Å². The van der Waals surface area contributed by atoms with E-state index in [0.717, 1.165) is 47.3 Å². The summed E-state index contributed by atoms with van der Waals surface area (Å²) in [7, 11) is 3.38. The fourth-order valence-corrected chi connectivity index (χ4v) is 3.16. The van der Waals surface area contributed by atoms with Crippen LogP contribution in [0, 0.1) is 0 Å². The zero-order chi connectivity index (χ0) is 16.9. The molecule has 0 saturated carbocycles. The maximum Gasteiger partial charge on any atom is 0.127 e. The van der Waals surface area contributed by atoms with Gasteiger partial charge in [0.15, 0.2) is 0 Å². The topological polar surface area (TPSA) is 30.9 Å². The van der Waals surface area contributed by atoms with E-state index in [9.17, 15) is 0 Å². The van der Waals surface area contributed by atoms with Gasteiger partial charge in [0.1, 0.15) is 11.5 Å². The van der Waals surface area contributed by atoms with Gasteiger partial charge in [0.25, 0.3) is 0 Å². The first-order chi connectivity index (χ1) is 11.7. The highest BCUT2D eigenvalue weighted by Crippen LogP contribution is 2.31. The highest BCUT2D eigenvalue weighted by molar-refractivity contribution is 6.30. The van der Waals surface area contributed by atoms with Crippen molar-refractivity contribution >= 4 is 11.6 Å². The molecule has 1 fully saturated rings. The second kappa shape index (κ2) is 7.88. The van der Waals surface area contributed by atoms with E-state index in [-0.39, 0.29) is 6.10 Å². The summed E-state index contributed by atoms with van der Waals surface area (Å²) in [5.41, 5.74) is 2.22. The summed E-state index contributed by atoms with van der Waals surface area (Å²) in [6.07, 6.45) is 0.0525. The van der Waals surface area contributed by atoms with Crippen molar-refractivity contribution in [3.05, 3.63) is 58.6 Å². The Labute approximate surface area is 147 Å². The zero-order valence-electron chi connectivity index (χ0n) is 14.0. The summed E-state index contributed by atoms with van der Waals surface area (Å²) in [5.74, 6) is 1.70. The molecule has 1 saturated heterocycles. The molecule has 0 N–H and O–H groups in total. The molecule has 128 valence electrons. The fourth-order valence-electron chi connectivity index (χ4n) is 3.03. The molecule has 1 aliphatic heterocycles. The first kappa shape index (κ1) is 17.1. The van der Waals surface area contributed by atoms with Crippen LogP contribution >= 0.6 is 11.6 Å². The summed E-state index contributed by atoms with van der Waals surface area (Å²) >= 11 is 5.97. The number of hydrogen-bond donors (Lipinski definition) is 0. The lowest BCUT2D eigenvalue weighted by Gasteiger charge is -2.33. The van der Waals surface area contributed by atoms with E-state index < -0.39 is 0 Å². The van der Waals surface area contributed by atoms with Crippen molar-refractivity contribution < 1.29 is 14.2 Å². The lowest BCUT2D eigenvalue weighted by Crippen LogP contribution is -2.38. The van der Waals surface area contributed by atoms with Gasteiger partial charge < -0.3 is 14.2 Å². The quantitative estimate of drug-likeness (QED) is 0.820. The van der Waals surface area contributed by atoms with Gasteiger partial charge in [0.2, 0.25) is 0 Å². The molecule has 5 heteroatoms. The van der Waals surface area contributed by atoms with E-state index in [1.54, 1.807) is 14.2 Å². The molecule has 0 radical (unpaired) electrons. The van der Waals surface area contributed by atoms with Crippen LogP contribution in [0.4, 0.5) is 0 Å². The number of nitrogens with zero attached hydrogens (tertiary/aromatic N) is 1. The number of benzene rings is 2. The molecule has 24 heavy (non-hydrogen) atoms. The summed E-state index contributed by atoms with van der Waals surface area (Å²) in [6.45, 7) is 3.17. The van der Waals surface area contributed by atoms with E-state index in [1.165, 1.54) is 0 Å². The molecule has 4 nitrogen and oxygen atoms in total. The van der Waals surface area contributed by atoms with Crippen molar-refractivity contribution in [1.29, 1.82) is 0 Å². The molecule has 0 bridgehead atoms. The van der Waals surface area contributed by atoms with Gasteiger partial charge in [0, 0.05) is 24.7 Å². The minimum Gasteiger partial charge on any atom is -0.496 e. The maximum absolute atomic E-state index is 5.97. The third-order valence-corrected chi connectivity index (χ3v) is 4.56. The second-order valence-electron chi connectivity index (χ2n) is 5.79. The van der Waals surface area contributed by atoms with E-state index in [0.29, 0.717) is 6.61 Å². The Kier molecular flexibility index (Phi) is 5.61. The van der Waals surface area contributed by atoms with Gasteiger partial charge >= 0.3 is 0 Å². The molecule has 1 heterocycles. The molecule has 0 amide bonds. The van der Waals surface area contributed by atoms with Crippen LogP contribution < -0.4 is 9.47 Å². The molecule has 1 aliphatic rings. The molecule has 0 aliphatic carbocycles. The summed E-state index contributed by atoms with van der Waals surface area (Å²) in [4.78, 5) is 2.36. The fraction of sp³-hybridized carbons (Fsp3) is 0.368. The van der Waals surface area contributed by atoms with Crippen LogP contribution in [0.15, 0.2) is 42.5 Å². The number of halogens is 1. The SMILES string of the molecule is COc1cccc(OC)c1CN1CCOC(c2ccc(Cl)cc2)C1. The lowest BCUT2D eigenvalue weighted by atomic mass is 10.1. The molecule has 2 aromatic carbocycles. The molecular weight excluding hydrogens is 326 g/mol. The third-order valence-electron chi connectivity index (χ3n) is 4.30. The molecule has 1 atom stereocenters. The Hall–Kier alpha value is -1.75. The molecular formula is C19H22ClNO3. The van der Waals surface area contributed by atoms with Gasteiger partial charge in [-0.25, -0.2) is 0 Å². The summed E-state index contributed by atoms with van der Waals surface area (Å²) in [6, 6.07) is 13.7. The van der Waals surface area contributed by atoms with Gasteiger partial charge in [-0.3, -0.25) is 4.90 Å². The van der Waals surface area contributed by atoms with Crippen LogP contribution in [0.5, 0.6) is 11.5 Å². The average molecular weight is 348 g/mol. The summed E-state index contributed by atoms with van der Waals surface area (Å²) in [5, 5.41) is 0.741. The highest BCUT2D eigenvalue weighted by atomic mass is 35.5. The Balaban J connectivity index is 1.75. The largest absolute Gasteiger partial charge is 0.496 e. The van der Waals surface area contributed by atoms with Gasteiger partial charge in [-0.05, 0) is 29.8 Å². The van der Waals surface area contributed by atoms with Gasteiger partial charge in [0.05, 0.1) is 32.5 Å². The Morgan fingerprint density at radius 3 is 2.38 bits per heavy atom.